The second-order valence-corrected chi connectivity index (χ2v) is 8.89. The minimum atomic E-state index is -3.50. The molecule has 0 saturated carbocycles. The molecule has 0 atom stereocenters. The summed E-state index contributed by atoms with van der Waals surface area (Å²) >= 11 is 0. The molecule has 0 bridgehead atoms. The molecule has 1 aromatic carbocycles. The average molecular weight is 419 g/mol. The Hall–Kier alpha value is -2.65. The molecule has 3 rings (SSSR count). The van der Waals surface area contributed by atoms with Gasteiger partial charge in [0.15, 0.2) is 0 Å². The van der Waals surface area contributed by atoms with Crippen LogP contribution in [0.5, 0.6) is 5.75 Å². The van der Waals surface area contributed by atoms with Gasteiger partial charge in [0.1, 0.15) is 10.6 Å². The number of methoxy groups -OCH3 is 1. The summed E-state index contributed by atoms with van der Waals surface area (Å²) in [4.78, 5) is 16.1. The van der Waals surface area contributed by atoms with Crippen molar-refractivity contribution in [3.63, 3.8) is 0 Å². The Balaban J connectivity index is 1.40. The molecule has 29 heavy (non-hydrogen) atoms. The van der Waals surface area contributed by atoms with Crippen LogP contribution >= 0.6 is 0 Å². The minimum Gasteiger partial charge on any atom is -0.497 e. The van der Waals surface area contributed by atoms with Gasteiger partial charge < -0.3 is 15.4 Å². The Morgan fingerprint density at radius 3 is 2.52 bits per heavy atom. The zero-order valence-electron chi connectivity index (χ0n) is 16.4. The van der Waals surface area contributed by atoms with Gasteiger partial charge in [-0.15, -0.1) is 0 Å². The molecular formula is C20H26N4O4S. The Morgan fingerprint density at radius 1 is 1.17 bits per heavy atom. The summed E-state index contributed by atoms with van der Waals surface area (Å²) in [6.07, 6.45) is 4.34. The number of amides is 2. The molecule has 0 unspecified atom stereocenters. The number of benzene rings is 1. The number of hydrogen-bond acceptors (Lipinski definition) is 5. The average Bonchev–Trinajstić information content (AvgIpc) is 2.77. The van der Waals surface area contributed by atoms with E-state index in [1.54, 1.807) is 25.4 Å². The summed E-state index contributed by atoms with van der Waals surface area (Å²) in [5.41, 5.74) is 0.981. The van der Waals surface area contributed by atoms with Gasteiger partial charge in [0.25, 0.3) is 0 Å². The SMILES string of the molecule is COc1ccc(CNC(=O)NCC2CCN(S(=O)(=O)c3cccnc3)CC2)cc1. The second-order valence-electron chi connectivity index (χ2n) is 6.95. The van der Waals surface area contributed by atoms with Crippen LogP contribution in [0.4, 0.5) is 4.79 Å². The van der Waals surface area contributed by atoms with Crippen LogP contribution in [0.15, 0.2) is 53.7 Å². The molecule has 0 radical (unpaired) electrons. The lowest BCUT2D eigenvalue weighted by Gasteiger charge is -2.31. The van der Waals surface area contributed by atoms with Crippen molar-refractivity contribution < 1.29 is 17.9 Å². The smallest absolute Gasteiger partial charge is 0.315 e. The first-order chi connectivity index (χ1) is 14.0. The highest BCUT2D eigenvalue weighted by Crippen LogP contribution is 2.23. The van der Waals surface area contributed by atoms with Crippen molar-refractivity contribution in [2.45, 2.75) is 24.3 Å². The van der Waals surface area contributed by atoms with Gasteiger partial charge in [0.2, 0.25) is 10.0 Å². The highest BCUT2D eigenvalue weighted by atomic mass is 32.2. The third kappa shape index (κ3) is 5.68. The molecule has 2 N–H and O–H groups in total. The zero-order valence-corrected chi connectivity index (χ0v) is 17.2. The highest BCUT2D eigenvalue weighted by Gasteiger charge is 2.29. The van der Waals surface area contributed by atoms with Gasteiger partial charge in [-0.3, -0.25) is 4.98 Å². The summed E-state index contributed by atoms with van der Waals surface area (Å²) in [6, 6.07) is 10.4. The Bertz CT molecular complexity index is 896. The molecule has 1 aliphatic rings. The first kappa shape index (κ1) is 21.1. The van der Waals surface area contributed by atoms with Crippen LogP contribution in [-0.2, 0) is 16.6 Å². The molecule has 8 nitrogen and oxygen atoms in total. The van der Waals surface area contributed by atoms with Gasteiger partial charge in [-0.05, 0) is 48.6 Å². The molecule has 1 fully saturated rings. The lowest BCUT2D eigenvalue weighted by molar-refractivity contribution is 0.230. The molecule has 0 spiro atoms. The van der Waals surface area contributed by atoms with E-state index in [-0.39, 0.29) is 16.8 Å². The molecule has 2 aromatic rings. The van der Waals surface area contributed by atoms with Gasteiger partial charge in [-0.1, -0.05) is 12.1 Å². The standard InChI is InChI=1S/C20H26N4O4S/c1-28-18-6-4-16(5-7-18)13-22-20(25)23-14-17-8-11-24(12-9-17)29(26,27)19-3-2-10-21-15-19/h2-7,10,15,17H,8-9,11-14H2,1H3,(H2,22,23,25). The number of nitrogens with zero attached hydrogens (tertiary/aromatic N) is 2. The predicted molar refractivity (Wildman–Crippen MR) is 109 cm³/mol. The van der Waals surface area contributed by atoms with Gasteiger partial charge >= 0.3 is 6.03 Å². The van der Waals surface area contributed by atoms with Crippen molar-refractivity contribution in [1.82, 2.24) is 19.9 Å². The summed E-state index contributed by atoms with van der Waals surface area (Å²) < 4.78 is 31.8. The number of ether oxygens (including phenoxy) is 1. The van der Waals surface area contributed by atoms with Gasteiger partial charge in [-0.25, -0.2) is 13.2 Å². The number of hydrogen-bond donors (Lipinski definition) is 2. The number of urea groups is 1. The number of carbonyl (C=O) groups excluding carboxylic acids is 1. The summed E-state index contributed by atoms with van der Waals surface area (Å²) in [6.45, 7) is 1.83. The van der Waals surface area contributed by atoms with Gasteiger partial charge in [0, 0.05) is 38.6 Å². The van der Waals surface area contributed by atoms with Crippen molar-refractivity contribution >= 4 is 16.1 Å². The van der Waals surface area contributed by atoms with Crippen molar-refractivity contribution in [3.05, 3.63) is 54.4 Å². The zero-order chi connectivity index (χ0) is 20.7. The number of piperidine rings is 1. The predicted octanol–water partition coefficient (Wildman–Crippen LogP) is 1.99. The van der Waals surface area contributed by atoms with E-state index in [2.05, 4.69) is 15.6 Å². The normalized spacial score (nSPS) is 15.6. The van der Waals surface area contributed by atoms with Crippen molar-refractivity contribution in [2.24, 2.45) is 5.92 Å². The third-order valence-electron chi connectivity index (χ3n) is 5.01. The van der Waals surface area contributed by atoms with Crippen LogP contribution in [0.3, 0.4) is 0 Å². The van der Waals surface area contributed by atoms with E-state index >= 15 is 0 Å². The number of aromatic nitrogens is 1. The number of nitrogens with one attached hydrogen (secondary N) is 2. The fourth-order valence-corrected chi connectivity index (χ4v) is 4.66. The van der Waals surface area contributed by atoms with E-state index in [1.807, 2.05) is 24.3 Å². The number of rotatable bonds is 7. The molecule has 2 heterocycles. The fraction of sp³-hybridized carbons (Fsp3) is 0.400. The molecule has 2 amide bonds. The first-order valence-corrected chi connectivity index (χ1v) is 11.0. The maximum Gasteiger partial charge on any atom is 0.315 e. The van der Waals surface area contributed by atoms with E-state index in [4.69, 9.17) is 4.74 Å². The summed E-state index contributed by atoms with van der Waals surface area (Å²) in [5.74, 6) is 1.03. The minimum absolute atomic E-state index is 0.217. The Kier molecular flexibility index (Phi) is 7.05. The van der Waals surface area contributed by atoms with E-state index in [9.17, 15) is 13.2 Å². The lowest BCUT2D eigenvalue weighted by atomic mass is 9.98. The molecule has 156 valence electrons. The van der Waals surface area contributed by atoms with Gasteiger partial charge in [0.05, 0.1) is 7.11 Å². The van der Waals surface area contributed by atoms with Gasteiger partial charge in [-0.2, -0.15) is 4.31 Å². The van der Waals surface area contributed by atoms with Crippen molar-refractivity contribution in [3.8, 4) is 5.75 Å². The number of pyridine rings is 1. The third-order valence-corrected chi connectivity index (χ3v) is 6.89. The van der Waals surface area contributed by atoms with E-state index in [1.165, 1.54) is 10.5 Å². The summed E-state index contributed by atoms with van der Waals surface area (Å²) in [5, 5.41) is 5.70. The Labute approximate surface area is 171 Å². The van der Waals surface area contributed by atoms with E-state index < -0.39 is 10.0 Å². The first-order valence-electron chi connectivity index (χ1n) is 9.54. The van der Waals surface area contributed by atoms with Crippen LogP contribution < -0.4 is 15.4 Å². The van der Waals surface area contributed by atoms with Crippen LogP contribution in [0.1, 0.15) is 18.4 Å². The van der Waals surface area contributed by atoms with Crippen molar-refractivity contribution in [1.29, 1.82) is 0 Å². The largest absolute Gasteiger partial charge is 0.497 e. The molecule has 0 aliphatic carbocycles. The Morgan fingerprint density at radius 2 is 1.90 bits per heavy atom. The molecular weight excluding hydrogens is 392 g/mol. The van der Waals surface area contributed by atoms with Crippen LogP contribution in [0.2, 0.25) is 0 Å². The quantitative estimate of drug-likeness (QED) is 0.716. The topological polar surface area (TPSA) is 101 Å². The van der Waals surface area contributed by atoms with Crippen LogP contribution in [-0.4, -0.2) is 50.5 Å². The maximum atomic E-state index is 12.6. The highest BCUT2D eigenvalue weighted by molar-refractivity contribution is 7.89. The molecule has 9 heteroatoms. The molecule has 1 aliphatic heterocycles. The van der Waals surface area contributed by atoms with Crippen LogP contribution in [0, 0.1) is 5.92 Å². The molecule has 1 aromatic heterocycles. The monoisotopic (exact) mass is 418 g/mol. The fourth-order valence-electron chi connectivity index (χ4n) is 3.23. The van der Waals surface area contributed by atoms with Crippen LogP contribution in [0.25, 0.3) is 0 Å². The lowest BCUT2D eigenvalue weighted by Crippen LogP contribution is -2.43. The maximum absolute atomic E-state index is 12.6. The number of sulfonamides is 1. The van der Waals surface area contributed by atoms with E-state index in [0.29, 0.717) is 39.0 Å². The number of carbonyl (C=O) groups is 1. The second kappa shape index (κ2) is 9.71. The van der Waals surface area contributed by atoms with E-state index in [0.717, 1.165) is 11.3 Å². The summed E-state index contributed by atoms with van der Waals surface area (Å²) in [7, 11) is -1.89. The molecule has 1 saturated heterocycles. The van der Waals surface area contributed by atoms with Crippen molar-refractivity contribution in [2.75, 3.05) is 26.7 Å².